The molecule has 0 fully saturated rings. The Bertz CT molecular complexity index is 1590. The first-order valence-electron chi connectivity index (χ1n) is 11.4. The fourth-order valence-electron chi connectivity index (χ4n) is 3.87. The first kappa shape index (κ1) is 23.4. The molecule has 6 nitrogen and oxygen atoms in total. The number of benzene rings is 3. The summed E-state index contributed by atoms with van der Waals surface area (Å²) in [5.41, 5.74) is 8.12. The zero-order chi connectivity index (χ0) is 25.1. The molecule has 0 radical (unpaired) electrons. The second kappa shape index (κ2) is 10.1. The Morgan fingerprint density at radius 3 is 2.53 bits per heavy atom. The predicted octanol–water partition coefficient (Wildman–Crippen LogP) is 7.19. The Labute approximate surface area is 213 Å². The summed E-state index contributed by atoms with van der Waals surface area (Å²) in [5, 5.41) is 3.41. The molecule has 0 aliphatic rings. The van der Waals surface area contributed by atoms with Crippen molar-refractivity contribution in [3.63, 3.8) is 0 Å². The van der Waals surface area contributed by atoms with Crippen molar-refractivity contribution in [3.05, 3.63) is 94.5 Å². The Hall–Kier alpha value is -4.36. The maximum Gasteiger partial charge on any atom is 0.163 e. The molecular formula is C29H24N4O2S. The van der Waals surface area contributed by atoms with Crippen molar-refractivity contribution in [2.45, 2.75) is 13.8 Å². The van der Waals surface area contributed by atoms with E-state index in [1.165, 1.54) is 11.3 Å². The molecule has 0 aliphatic heterocycles. The van der Waals surface area contributed by atoms with Gasteiger partial charge in [-0.05, 0) is 54.8 Å². The molecule has 36 heavy (non-hydrogen) atoms. The minimum atomic E-state index is 0.0622. The van der Waals surface area contributed by atoms with E-state index in [4.69, 9.17) is 14.7 Å². The Morgan fingerprint density at radius 1 is 0.972 bits per heavy atom. The van der Waals surface area contributed by atoms with Crippen molar-refractivity contribution in [1.29, 1.82) is 0 Å². The van der Waals surface area contributed by atoms with Gasteiger partial charge >= 0.3 is 0 Å². The number of carbonyl (C=O) groups is 1. The molecule has 5 rings (SSSR count). The van der Waals surface area contributed by atoms with E-state index in [-0.39, 0.29) is 5.78 Å². The highest BCUT2D eigenvalue weighted by molar-refractivity contribution is 7.16. The summed E-state index contributed by atoms with van der Waals surface area (Å²) in [7, 11) is 1.67. The Morgan fingerprint density at radius 2 is 1.78 bits per heavy atom. The molecule has 0 saturated carbocycles. The van der Waals surface area contributed by atoms with Gasteiger partial charge in [0.25, 0.3) is 0 Å². The van der Waals surface area contributed by atoms with Gasteiger partial charge in [-0.2, -0.15) is 0 Å². The van der Waals surface area contributed by atoms with E-state index >= 15 is 0 Å². The number of ketones is 1. The van der Waals surface area contributed by atoms with Crippen LogP contribution in [0.3, 0.4) is 0 Å². The maximum atomic E-state index is 11.5. The van der Waals surface area contributed by atoms with Crippen LogP contribution in [-0.4, -0.2) is 27.8 Å². The summed E-state index contributed by atoms with van der Waals surface area (Å²) in [4.78, 5) is 26.4. The van der Waals surface area contributed by atoms with Crippen LogP contribution in [0.5, 0.6) is 5.75 Å². The van der Waals surface area contributed by atoms with Gasteiger partial charge in [0.15, 0.2) is 17.4 Å². The van der Waals surface area contributed by atoms with Crippen molar-refractivity contribution in [1.82, 2.24) is 15.0 Å². The lowest BCUT2D eigenvalue weighted by Gasteiger charge is -2.11. The van der Waals surface area contributed by atoms with E-state index in [1.54, 1.807) is 19.5 Å². The van der Waals surface area contributed by atoms with Crippen molar-refractivity contribution < 1.29 is 9.53 Å². The average molecular weight is 493 g/mol. The molecule has 3 aromatic carbocycles. The van der Waals surface area contributed by atoms with Gasteiger partial charge in [-0.15, -0.1) is 11.3 Å². The number of hydrogen-bond acceptors (Lipinski definition) is 7. The van der Waals surface area contributed by atoms with Gasteiger partial charge in [-0.1, -0.05) is 54.6 Å². The Kier molecular flexibility index (Phi) is 6.56. The monoisotopic (exact) mass is 492 g/mol. The van der Waals surface area contributed by atoms with Crippen LogP contribution in [-0.2, 0) is 0 Å². The van der Waals surface area contributed by atoms with Gasteiger partial charge in [0.05, 0.1) is 12.6 Å². The van der Waals surface area contributed by atoms with Crippen LogP contribution in [0.2, 0.25) is 0 Å². The third-order valence-electron chi connectivity index (χ3n) is 5.79. The molecule has 0 saturated heterocycles. The molecular weight excluding hydrogens is 468 g/mol. The zero-order valence-electron chi connectivity index (χ0n) is 20.1. The van der Waals surface area contributed by atoms with Gasteiger partial charge in [-0.3, -0.25) is 4.79 Å². The molecule has 7 heteroatoms. The summed E-state index contributed by atoms with van der Waals surface area (Å²) < 4.78 is 5.38. The fraction of sp³-hybridized carbons (Fsp3) is 0.103. The number of rotatable bonds is 7. The van der Waals surface area contributed by atoms with E-state index in [2.05, 4.69) is 16.4 Å². The second-order valence-electron chi connectivity index (χ2n) is 8.35. The minimum absolute atomic E-state index is 0.0622. The topological polar surface area (TPSA) is 77.0 Å². The molecule has 1 N–H and O–H groups in total. The summed E-state index contributed by atoms with van der Waals surface area (Å²) in [6.07, 6.45) is 4.06. The van der Waals surface area contributed by atoms with Crippen LogP contribution in [0.4, 0.5) is 11.5 Å². The standard InChI is InChI=1S/C29H24N4O2S/c1-18-15-24(13-14-25(18)35-3)31-28-26-29(36-17-30-26)33-27(32-28)23-6-4-5-21(16-23)8-7-20-9-11-22(12-10-20)19(2)34/h4-17H,1-3H3,(H,31,32,33)/b8-7+. The number of hydrogen-bond donors (Lipinski definition) is 1. The van der Waals surface area contributed by atoms with E-state index in [1.807, 2.05) is 79.7 Å². The lowest BCUT2D eigenvalue weighted by molar-refractivity contribution is 0.101. The average Bonchev–Trinajstić information content (AvgIpc) is 3.37. The van der Waals surface area contributed by atoms with E-state index in [9.17, 15) is 4.79 Å². The van der Waals surface area contributed by atoms with Crippen LogP contribution in [0.1, 0.15) is 34.0 Å². The van der Waals surface area contributed by atoms with Crippen molar-refractivity contribution in [2.75, 3.05) is 12.4 Å². The molecule has 0 aliphatic carbocycles. The zero-order valence-corrected chi connectivity index (χ0v) is 21.0. The van der Waals surface area contributed by atoms with Gasteiger partial charge in [0, 0.05) is 16.8 Å². The number of carbonyl (C=O) groups excluding carboxylic acids is 1. The summed E-state index contributed by atoms with van der Waals surface area (Å²) in [6, 6.07) is 21.6. The number of fused-ring (bicyclic) bond motifs is 1. The number of Topliss-reactive ketones (excluding diaryl/α,β-unsaturated/α-hetero) is 1. The van der Waals surface area contributed by atoms with Crippen LogP contribution >= 0.6 is 11.3 Å². The van der Waals surface area contributed by atoms with Crippen LogP contribution < -0.4 is 10.1 Å². The van der Waals surface area contributed by atoms with E-state index in [0.29, 0.717) is 17.2 Å². The molecule has 0 atom stereocenters. The van der Waals surface area contributed by atoms with Gasteiger partial charge in [0.1, 0.15) is 16.1 Å². The third kappa shape index (κ3) is 5.01. The number of ether oxygens (including phenoxy) is 1. The number of aryl methyl sites for hydroxylation is 1. The normalized spacial score (nSPS) is 11.2. The smallest absolute Gasteiger partial charge is 0.163 e. The first-order chi connectivity index (χ1) is 17.5. The molecule has 0 unspecified atom stereocenters. The minimum Gasteiger partial charge on any atom is -0.496 e. The molecule has 2 aromatic heterocycles. The lowest BCUT2D eigenvalue weighted by atomic mass is 10.1. The number of methoxy groups -OCH3 is 1. The number of nitrogens with one attached hydrogen (secondary N) is 1. The molecule has 0 amide bonds. The van der Waals surface area contributed by atoms with Crippen molar-refractivity contribution >= 4 is 51.1 Å². The highest BCUT2D eigenvalue weighted by Crippen LogP contribution is 2.30. The molecule has 0 bridgehead atoms. The summed E-state index contributed by atoms with van der Waals surface area (Å²) in [5.74, 6) is 2.18. The lowest BCUT2D eigenvalue weighted by Crippen LogP contribution is -1.99. The Balaban J connectivity index is 1.45. The van der Waals surface area contributed by atoms with Crippen molar-refractivity contribution in [2.24, 2.45) is 0 Å². The molecule has 0 spiro atoms. The largest absolute Gasteiger partial charge is 0.496 e. The fourth-order valence-corrected chi connectivity index (χ4v) is 4.53. The highest BCUT2D eigenvalue weighted by atomic mass is 32.1. The number of anilines is 2. The summed E-state index contributed by atoms with van der Waals surface area (Å²) >= 11 is 1.48. The first-order valence-corrected chi connectivity index (χ1v) is 12.3. The number of nitrogens with zero attached hydrogens (tertiary/aromatic N) is 3. The molecule has 178 valence electrons. The maximum absolute atomic E-state index is 11.5. The van der Waals surface area contributed by atoms with Crippen LogP contribution in [0, 0.1) is 6.92 Å². The molecule has 5 aromatic rings. The van der Waals surface area contributed by atoms with Gasteiger partial charge < -0.3 is 10.1 Å². The van der Waals surface area contributed by atoms with Crippen molar-refractivity contribution in [3.8, 4) is 17.1 Å². The van der Waals surface area contributed by atoms with E-state index < -0.39 is 0 Å². The van der Waals surface area contributed by atoms with Gasteiger partial charge in [0.2, 0.25) is 0 Å². The molecule has 2 heterocycles. The SMILES string of the molecule is COc1ccc(Nc2nc(-c3cccc(/C=C/c4ccc(C(C)=O)cc4)c3)nc3scnc23)cc1C. The second-order valence-corrected chi connectivity index (χ2v) is 9.18. The van der Waals surface area contributed by atoms with Gasteiger partial charge in [-0.25, -0.2) is 15.0 Å². The predicted molar refractivity (Wildman–Crippen MR) is 147 cm³/mol. The van der Waals surface area contributed by atoms with Crippen LogP contribution in [0.25, 0.3) is 33.9 Å². The summed E-state index contributed by atoms with van der Waals surface area (Å²) in [6.45, 7) is 3.57. The highest BCUT2D eigenvalue weighted by Gasteiger charge is 2.13. The number of aromatic nitrogens is 3. The van der Waals surface area contributed by atoms with E-state index in [0.717, 1.165) is 44.0 Å². The third-order valence-corrected chi connectivity index (χ3v) is 6.50. The quantitative estimate of drug-likeness (QED) is 0.191. The van der Waals surface area contributed by atoms with Crippen LogP contribution in [0.15, 0.2) is 72.2 Å². The number of thiazole rings is 1.